The van der Waals surface area contributed by atoms with E-state index in [0.717, 1.165) is 23.3 Å². The minimum absolute atomic E-state index is 0.171. The third-order valence-electron chi connectivity index (χ3n) is 3.79. The SMILES string of the molecule is CC(=O)Nc1cccc(-c2nccn2Cc2ccc(C(F)(F)F)cc2)c1. The minimum Gasteiger partial charge on any atom is -0.327 e. The molecule has 3 rings (SSSR count). The summed E-state index contributed by atoms with van der Waals surface area (Å²) in [6, 6.07) is 12.3. The van der Waals surface area contributed by atoms with Gasteiger partial charge in [-0.05, 0) is 29.8 Å². The molecule has 4 nitrogen and oxygen atoms in total. The first-order chi connectivity index (χ1) is 12.3. The van der Waals surface area contributed by atoms with Crippen LogP contribution in [0.25, 0.3) is 11.4 Å². The standard InChI is InChI=1S/C19H16F3N3O/c1-13(26)24-17-4-2-3-15(11-17)18-23-9-10-25(18)12-14-5-7-16(8-6-14)19(20,21)22/h2-11H,12H2,1H3,(H,24,26). The molecule has 134 valence electrons. The van der Waals surface area contributed by atoms with Crippen LogP contribution in [0.15, 0.2) is 60.9 Å². The van der Waals surface area contributed by atoms with Crippen LogP contribution in [0.4, 0.5) is 18.9 Å². The number of nitrogens with one attached hydrogen (secondary N) is 1. The molecule has 0 unspecified atom stereocenters. The van der Waals surface area contributed by atoms with E-state index in [1.54, 1.807) is 30.6 Å². The van der Waals surface area contributed by atoms with Crippen molar-refractivity contribution in [2.45, 2.75) is 19.6 Å². The summed E-state index contributed by atoms with van der Waals surface area (Å²) in [6.45, 7) is 1.82. The number of imidazole rings is 1. The molecule has 2 aromatic carbocycles. The lowest BCUT2D eigenvalue weighted by Gasteiger charge is -2.11. The second-order valence-corrected chi connectivity index (χ2v) is 5.84. The van der Waals surface area contributed by atoms with Crippen LogP contribution in [0, 0.1) is 0 Å². The maximum Gasteiger partial charge on any atom is 0.416 e. The van der Waals surface area contributed by atoms with Crippen LogP contribution in [-0.2, 0) is 17.5 Å². The number of nitrogens with zero attached hydrogens (tertiary/aromatic N) is 2. The lowest BCUT2D eigenvalue weighted by molar-refractivity contribution is -0.137. The molecule has 1 aromatic heterocycles. The molecule has 7 heteroatoms. The molecule has 0 aliphatic rings. The number of amides is 1. The molecule has 0 atom stereocenters. The van der Waals surface area contributed by atoms with E-state index in [-0.39, 0.29) is 5.91 Å². The third-order valence-corrected chi connectivity index (χ3v) is 3.79. The molecule has 0 radical (unpaired) electrons. The highest BCUT2D eigenvalue weighted by molar-refractivity contribution is 5.89. The Balaban J connectivity index is 1.84. The summed E-state index contributed by atoms with van der Waals surface area (Å²) in [7, 11) is 0. The fraction of sp³-hybridized carbons (Fsp3) is 0.158. The third kappa shape index (κ3) is 4.11. The normalized spacial score (nSPS) is 11.4. The maximum atomic E-state index is 12.7. The number of halogens is 3. The first-order valence-electron chi connectivity index (χ1n) is 7.88. The van der Waals surface area contributed by atoms with E-state index in [0.29, 0.717) is 18.1 Å². The Kier molecular flexibility index (Phi) is 4.79. The molecular formula is C19H16F3N3O. The first kappa shape index (κ1) is 17.7. The average molecular weight is 359 g/mol. The lowest BCUT2D eigenvalue weighted by Crippen LogP contribution is -2.07. The summed E-state index contributed by atoms with van der Waals surface area (Å²) in [5.41, 5.74) is 1.51. The number of hydrogen-bond donors (Lipinski definition) is 1. The number of alkyl halides is 3. The van der Waals surface area contributed by atoms with Gasteiger partial charge in [0, 0.05) is 37.1 Å². The molecule has 0 bridgehead atoms. The molecular weight excluding hydrogens is 343 g/mol. The van der Waals surface area contributed by atoms with Gasteiger partial charge < -0.3 is 9.88 Å². The van der Waals surface area contributed by atoms with E-state index in [1.165, 1.54) is 19.1 Å². The van der Waals surface area contributed by atoms with E-state index in [1.807, 2.05) is 10.6 Å². The van der Waals surface area contributed by atoms with Gasteiger partial charge in [0.15, 0.2) is 0 Å². The Morgan fingerprint density at radius 2 is 1.88 bits per heavy atom. The molecule has 0 saturated heterocycles. The van der Waals surface area contributed by atoms with Gasteiger partial charge in [0.05, 0.1) is 5.56 Å². The summed E-state index contributed by atoms with van der Waals surface area (Å²) in [6.07, 6.45) is -0.953. The summed E-state index contributed by atoms with van der Waals surface area (Å²) in [5.74, 6) is 0.493. The fourth-order valence-electron chi connectivity index (χ4n) is 2.63. The van der Waals surface area contributed by atoms with Gasteiger partial charge in [-0.3, -0.25) is 4.79 Å². The maximum absolute atomic E-state index is 12.7. The van der Waals surface area contributed by atoms with Gasteiger partial charge in [-0.25, -0.2) is 4.98 Å². The highest BCUT2D eigenvalue weighted by atomic mass is 19.4. The molecule has 26 heavy (non-hydrogen) atoms. The molecule has 0 saturated carbocycles. The Hall–Kier alpha value is -3.09. The summed E-state index contributed by atoms with van der Waals surface area (Å²) in [5, 5.41) is 2.71. The van der Waals surface area contributed by atoms with Crippen molar-refractivity contribution in [3.05, 3.63) is 72.1 Å². The zero-order valence-electron chi connectivity index (χ0n) is 13.9. The zero-order valence-corrected chi connectivity index (χ0v) is 13.9. The molecule has 0 aliphatic heterocycles. The highest BCUT2D eigenvalue weighted by Gasteiger charge is 2.29. The topological polar surface area (TPSA) is 46.9 Å². The number of carbonyl (C=O) groups excluding carboxylic acids is 1. The van der Waals surface area contributed by atoms with Gasteiger partial charge in [0.1, 0.15) is 5.82 Å². The van der Waals surface area contributed by atoms with Crippen LogP contribution in [0.5, 0.6) is 0 Å². The van der Waals surface area contributed by atoms with Crippen molar-refractivity contribution < 1.29 is 18.0 Å². The Morgan fingerprint density at radius 3 is 2.54 bits per heavy atom. The molecule has 1 heterocycles. The summed E-state index contributed by atoms with van der Waals surface area (Å²) < 4.78 is 39.8. The number of benzene rings is 2. The monoisotopic (exact) mass is 359 g/mol. The highest BCUT2D eigenvalue weighted by Crippen LogP contribution is 2.29. The minimum atomic E-state index is -4.34. The summed E-state index contributed by atoms with van der Waals surface area (Å²) >= 11 is 0. The molecule has 3 aromatic rings. The van der Waals surface area contributed by atoms with E-state index >= 15 is 0 Å². The lowest BCUT2D eigenvalue weighted by atomic mass is 10.1. The van der Waals surface area contributed by atoms with Crippen molar-refractivity contribution in [3.63, 3.8) is 0 Å². The van der Waals surface area contributed by atoms with Crippen molar-refractivity contribution in [1.29, 1.82) is 0 Å². The largest absolute Gasteiger partial charge is 0.416 e. The average Bonchev–Trinajstić information content (AvgIpc) is 3.02. The van der Waals surface area contributed by atoms with Crippen LogP contribution in [0.3, 0.4) is 0 Å². The number of anilines is 1. The van der Waals surface area contributed by atoms with Gasteiger partial charge in [0.2, 0.25) is 5.91 Å². The van der Waals surface area contributed by atoms with E-state index < -0.39 is 11.7 Å². The molecule has 1 amide bonds. The second kappa shape index (κ2) is 7.03. The fourth-order valence-corrected chi connectivity index (χ4v) is 2.63. The predicted octanol–water partition coefficient (Wildman–Crippen LogP) is 4.58. The van der Waals surface area contributed by atoms with Gasteiger partial charge in [0.25, 0.3) is 0 Å². The van der Waals surface area contributed by atoms with Crippen LogP contribution in [0.1, 0.15) is 18.1 Å². The van der Waals surface area contributed by atoms with Crippen LogP contribution in [0.2, 0.25) is 0 Å². The van der Waals surface area contributed by atoms with E-state index in [9.17, 15) is 18.0 Å². The number of carbonyl (C=O) groups is 1. The molecule has 0 aliphatic carbocycles. The van der Waals surface area contributed by atoms with Gasteiger partial charge in [-0.2, -0.15) is 13.2 Å². The zero-order chi connectivity index (χ0) is 18.7. The van der Waals surface area contributed by atoms with Gasteiger partial charge in [-0.15, -0.1) is 0 Å². The smallest absolute Gasteiger partial charge is 0.327 e. The van der Waals surface area contributed by atoms with Crippen LogP contribution >= 0.6 is 0 Å². The Bertz CT molecular complexity index is 914. The Morgan fingerprint density at radius 1 is 1.15 bits per heavy atom. The van der Waals surface area contributed by atoms with Gasteiger partial charge in [-0.1, -0.05) is 24.3 Å². The number of rotatable bonds is 4. The predicted molar refractivity (Wildman–Crippen MR) is 92.5 cm³/mol. The van der Waals surface area contributed by atoms with Crippen molar-refractivity contribution in [2.75, 3.05) is 5.32 Å². The van der Waals surface area contributed by atoms with Crippen molar-refractivity contribution in [3.8, 4) is 11.4 Å². The Labute approximate surface area is 148 Å². The van der Waals surface area contributed by atoms with Crippen molar-refractivity contribution in [1.82, 2.24) is 9.55 Å². The van der Waals surface area contributed by atoms with Crippen LogP contribution < -0.4 is 5.32 Å². The molecule has 1 N–H and O–H groups in total. The van der Waals surface area contributed by atoms with Crippen LogP contribution in [-0.4, -0.2) is 15.5 Å². The van der Waals surface area contributed by atoms with E-state index in [2.05, 4.69) is 10.3 Å². The van der Waals surface area contributed by atoms with Crippen molar-refractivity contribution >= 4 is 11.6 Å². The number of hydrogen-bond acceptors (Lipinski definition) is 2. The first-order valence-corrected chi connectivity index (χ1v) is 7.88. The molecule has 0 spiro atoms. The van der Waals surface area contributed by atoms with Crippen molar-refractivity contribution in [2.24, 2.45) is 0 Å². The second-order valence-electron chi connectivity index (χ2n) is 5.84. The molecule has 0 fully saturated rings. The van der Waals surface area contributed by atoms with E-state index in [4.69, 9.17) is 0 Å². The summed E-state index contributed by atoms with van der Waals surface area (Å²) in [4.78, 5) is 15.5. The van der Waals surface area contributed by atoms with Gasteiger partial charge >= 0.3 is 6.18 Å². The number of aromatic nitrogens is 2. The quantitative estimate of drug-likeness (QED) is 0.741.